The molecule has 2 rings (SSSR count). The van der Waals surface area contributed by atoms with Crippen LogP contribution in [0.2, 0.25) is 0 Å². The normalized spacial score (nSPS) is 25.0. The van der Waals surface area contributed by atoms with Gasteiger partial charge in [0, 0.05) is 11.6 Å². The van der Waals surface area contributed by atoms with E-state index in [0.29, 0.717) is 11.8 Å². The Morgan fingerprint density at radius 2 is 1.81 bits per heavy atom. The van der Waals surface area contributed by atoms with Gasteiger partial charge < -0.3 is 19.4 Å². The van der Waals surface area contributed by atoms with E-state index in [1.165, 1.54) is 20.1 Å². The number of nitrogens with zero attached hydrogens (tertiary/aromatic N) is 1. The van der Waals surface area contributed by atoms with Gasteiger partial charge in [-0.2, -0.15) is 0 Å². The Morgan fingerprint density at radius 1 is 1.15 bits per heavy atom. The molecule has 0 saturated carbocycles. The number of ether oxygens (including phenoxy) is 2. The first-order valence-corrected chi connectivity index (χ1v) is 7.84. The molecule has 0 aromatic heterocycles. The molecule has 0 bridgehead atoms. The number of esters is 2. The Balaban J connectivity index is 2.76. The quantitative estimate of drug-likeness (QED) is 0.616. The summed E-state index contributed by atoms with van der Waals surface area (Å²) in [5, 5.41) is 9.72. The van der Waals surface area contributed by atoms with E-state index in [1.807, 2.05) is 0 Å². The van der Waals surface area contributed by atoms with Crippen molar-refractivity contribution in [3.05, 3.63) is 35.4 Å². The Kier molecular flexibility index (Phi) is 5.86. The molecule has 1 heterocycles. The minimum Gasteiger partial charge on any atom is -0.481 e. The standard InChI is InChI=1S/C18H19NO7/c1-9-13(16(21)22)14(15(18(24)26-3)12(8-20)19-9)10-6-4-5-7-11(10)17(23)25-2/h4-8,12-15H,1-3H3,(H,21,22). The number of carboxylic acid groups (broad SMARTS) is 1. The summed E-state index contributed by atoms with van der Waals surface area (Å²) < 4.78 is 9.55. The van der Waals surface area contributed by atoms with E-state index in [-0.39, 0.29) is 11.3 Å². The van der Waals surface area contributed by atoms with Crippen molar-refractivity contribution in [3.63, 3.8) is 0 Å². The minimum absolute atomic E-state index is 0.125. The average Bonchev–Trinajstić information content (AvgIpc) is 2.65. The summed E-state index contributed by atoms with van der Waals surface area (Å²) >= 11 is 0. The third kappa shape index (κ3) is 3.35. The fraction of sp³-hybridized carbons (Fsp3) is 0.389. The highest BCUT2D eigenvalue weighted by Crippen LogP contribution is 2.41. The van der Waals surface area contributed by atoms with Crippen molar-refractivity contribution in [2.24, 2.45) is 16.8 Å². The number of aldehydes is 1. The maximum Gasteiger partial charge on any atom is 0.338 e. The smallest absolute Gasteiger partial charge is 0.338 e. The van der Waals surface area contributed by atoms with Gasteiger partial charge >= 0.3 is 17.9 Å². The largest absolute Gasteiger partial charge is 0.481 e. The van der Waals surface area contributed by atoms with Crippen LogP contribution in [-0.4, -0.2) is 55.3 Å². The van der Waals surface area contributed by atoms with Gasteiger partial charge in [0.15, 0.2) is 0 Å². The molecule has 1 aromatic rings. The summed E-state index contributed by atoms with van der Waals surface area (Å²) in [6, 6.07) is 5.13. The average molecular weight is 361 g/mol. The molecule has 0 aliphatic carbocycles. The Bertz CT molecular complexity index is 771. The molecule has 1 N–H and O–H groups in total. The van der Waals surface area contributed by atoms with Crippen molar-refractivity contribution in [1.29, 1.82) is 0 Å². The highest BCUT2D eigenvalue weighted by atomic mass is 16.5. The van der Waals surface area contributed by atoms with Crippen LogP contribution >= 0.6 is 0 Å². The first-order valence-electron chi connectivity index (χ1n) is 7.84. The third-order valence-corrected chi connectivity index (χ3v) is 4.52. The molecule has 8 heteroatoms. The van der Waals surface area contributed by atoms with Gasteiger partial charge in [0.1, 0.15) is 18.2 Å². The second-order valence-electron chi connectivity index (χ2n) is 5.87. The molecule has 0 amide bonds. The zero-order valence-corrected chi connectivity index (χ0v) is 14.5. The zero-order chi connectivity index (χ0) is 19.4. The highest BCUT2D eigenvalue weighted by molar-refractivity contribution is 6.04. The molecular weight excluding hydrogens is 342 g/mol. The molecule has 4 atom stereocenters. The van der Waals surface area contributed by atoms with Gasteiger partial charge in [-0.1, -0.05) is 18.2 Å². The molecule has 26 heavy (non-hydrogen) atoms. The van der Waals surface area contributed by atoms with Crippen LogP contribution < -0.4 is 0 Å². The van der Waals surface area contributed by atoms with Crippen LogP contribution in [0.5, 0.6) is 0 Å². The van der Waals surface area contributed by atoms with Crippen molar-refractivity contribution in [2.45, 2.75) is 18.9 Å². The topological polar surface area (TPSA) is 119 Å². The summed E-state index contributed by atoms with van der Waals surface area (Å²) in [5.41, 5.74) is 0.613. The third-order valence-electron chi connectivity index (χ3n) is 4.52. The number of methoxy groups -OCH3 is 2. The second-order valence-corrected chi connectivity index (χ2v) is 5.87. The molecule has 8 nitrogen and oxygen atoms in total. The molecule has 0 spiro atoms. The lowest BCUT2D eigenvalue weighted by molar-refractivity contribution is -0.150. The summed E-state index contributed by atoms with van der Waals surface area (Å²) in [5.74, 6) is -6.03. The number of aliphatic carboxylic acids is 1. The fourth-order valence-electron chi connectivity index (χ4n) is 3.40. The Labute approximate surface area is 149 Å². The van der Waals surface area contributed by atoms with Crippen molar-refractivity contribution >= 4 is 29.9 Å². The van der Waals surface area contributed by atoms with Gasteiger partial charge in [-0.05, 0) is 18.6 Å². The maximum atomic E-state index is 12.4. The summed E-state index contributed by atoms with van der Waals surface area (Å²) in [7, 11) is 2.35. The summed E-state index contributed by atoms with van der Waals surface area (Å²) in [6.07, 6.45) is 0.483. The molecule has 4 unspecified atom stereocenters. The van der Waals surface area contributed by atoms with Crippen molar-refractivity contribution in [3.8, 4) is 0 Å². The van der Waals surface area contributed by atoms with Gasteiger partial charge in [0.05, 0.1) is 25.7 Å². The van der Waals surface area contributed by atoms with Gasteiger partial charge in [0.2, 0.25) is 0 Å². The second kappa shape index (κ2) is 7.90. The molecule has 0 saturated heterocycles. The predicted molar refractivity (Wildman–Crippen MR) is 90.1 cm³/mol. The van der Waals surface area contributed by atoms with Gasteiger partial charge in [-0.3, -0.25) is 14.6 Å². The summed E-state index contributed by atoms with van der Waals surface area (Å²) in [6.45, 7) is 1.48. The maximum absolute atomic E-state index is 12.4. The monoisotopic (exact) mass is 361 g/mol. The van der Waals surface area contributed by atoms with E-state index in [4.69, 9.17) is 9.47 Å². The molecule has 1 aromatic carbocycles. The van der Waals surface area contributed by atoms with Gasteiger partial charge in [-0.25, -0.2) is 4.79 Å². The molecule has 138 valence electrons. The van der Waals surface area contributed by atoms with Crippen molar-refractivity contribution in [2.75, 3.05) is 14.2 Å². The molecule has 1 aliphatic rings. The van der Waals surface area contributed by atoms with E-state index in [1.54, 1.807) is 18.2 Å². The van der Waals surface area contributed by atoms with Crippen LogP contribution in [0.1, 0.15) is 28.8 Å². The number of carboxylic acids is 1. The zero-order valence-electron chi connectivity index (χ0n) is 14.5. The lowest BCUT2D eigenvalue weighted by Gasteiger charge is -2.36. The Hall–Kier alpha value is -3.03. The van der Waals surface area contributed by atoms with Gasteiger partial charge in [-0.15, -0.1) is 0 Å². The fourth-order valence-corrected chi connectivity index (χ4v) is 3.40. The van der Waals surface area contributed by atoms with Crippen LogP contribution in [-0.2, 0) is 23.9 Å². The van der Waals surface area contributed by atoms with E-state index < -0.39 is 41.7 Å². The van der Waals surface area contributed by atoms with E-state index >= 15 is 0 Å². The molecular formula is C18H19NO7. The predicted octanol–water partition coefficient (Wildman–Crippen LogP) is 1.09. The number of benzene rings is 1. The van der Waals surface area contributed by atoms with Crippen LogP contribution in [0.25, 0.3) is 0 Å². The van der Waals surface area contributed by atoms with Crippen LogP contribution in [0, 0.1) is 11.8 Å². The van der Waals surface area contributed by atoms with E-state index in [2.05, 4.69) is 4.99 Å². The molecule has 0 radical (unpaired) electrons. The first kappa shape index (κ1) is 19.3. The highest BCUT2D eigenvalue weighted by Gasteiger charge is 2.49. The summed E-state index contributed by atoms with van der Waals surface area (Å²) in [4.78, 5) is 52.0. The number of hydrogen-bond donors (Lipinski definition) is 1. The van der Waals surface area contributed by atoms with Gasteiger partial charge in [0.25, 0.3) is 0 Å². The number of hydrogen-bond acceptors (Lipinski definition) is 7. The number of aliphatic imine (C=N–C) groups is 1. The number of carbonyl (C=O) groups excluding carboxylic acids is 3. The number of rotatable bonds is 5. The lowest BCUT2D eigenvalue weighted by atomic mass is 9.69. The van der Waals surface area contributed by atoms with Crippen molar-refractivity contribution in [1.82, 2.24) is 0 Å². The molecule has 0 fully saturated rings. The first-order chi connectivity index (χ1) is 12.4. The van der Waals surface area contributed by atoms with Crippen molar-refractivity contribution < 1.29 is 33.8 Å². The Morgan fingerprint density at radius 3 is 2.35 bits per heavy atom. The van der Waals surface area contributed by atoms with Crippen LogP contribution in [0.3, 0.4) is 0 Å². The minimum atomic E-state index is -1.21. The van der Waals surface area contributed by atoms with E-state index in [9.17, 15) is 24.3 Å². The van der Waals surface area contributed by atoms with Crippen LogP contribution in [0.15, 0.2) is 29.3 Å². The molecule has 1 aliphatic heterocycles. The van der Waals surface area contributed by atoms with Crippen LogP contribution in [0.4, 0.5) is 0 Å². The van der Waals surface area contributed by atoms with E-state index in [0.717, 1.165) is 7.11 Å². The SMILES string of the molecule is COC(=O)c1ccccc1C1C(C(=O)O)C(C)=NC(C=O)C1C(=O)OC. The number of carbonyl (C=O) groups is 4. The lowest BCUT2D eigenvalue weighted by Crippen LogP contribution is -2.46.